The number of guanidine groups is 1. The third-order valence-corrected chi connectivity index (χ3v) is 4.73. The van der Waals surface area contributed by atoms with Crippen molar-refractivity contribution in [3.05, 3.63) is 24.3 Å². The molecule has 0 spiro atoms. The first kappa shape index (κ1) is 21.3. The van der Waals surface area contributed by atoms with Crippen LogP contribution in [-0.2, 0) is 0 Å². The van der Waals surface area contributed by atoms with Gasteiger partial charge in [-0.25, -0.2) is 4.99 Å². The Hall–Kier alpha value is -1.99. The Morgan fingerprint density at radius 3 is 2.67 bits per heavy atom. The number of hydrogen-bond acceptors (Lipinski definition) is 5. The van der Waals surface area contributed by atoms with E-state index in [1.165, 1.54) is 0 Å². The van der Waals surface area contributed by atoms with E-state index in [-0.39, 0.29) is 6.10 Å². The molecule has 2 N–H and O–H groups in total. The Bertz CT molecular complexity index is 595. The summed E-state index contributed by atoms with van der Waals surface area (Å²) in [7, 11) is 6.01. The van der Waals surface area contributed by atoms with Gasteiger partial charge in [0.15, 0.2) is 17.5 Å². The zero-order valence-corrected chi connectivity index (χ0v) is 17.4. The fourth-order valence-electron chi connectivity index (χ4n) is 3.07. The molecule has 1 aromatic carbocycles. The largest absolute Gasteiger partial charge is 0.493 e. The van der Waals surface area contributed by atoms with Crippen molar-refractivity contribution in [1.82, 2.24) is 20.4 Å². The van der Waals surface area contributed by atoms with Gasteiger partial charge in [-0.3, -0.25) is 4.90 Å². The molecule has 7 nitrogen and oxygen atoms in total. The molecule has 1 heterocycles. The van der Waals surface area contributed by atoms with Gasteiger partial charge in [0.1, 0.15) is 6.10 Å². The van der Waals surface area contributed by atoms with Gasteiger partial charge in [-0.15, -0.1) is 0 Å². The third-order valence-electron chi connectivity index (χ3n) is 4.73. The molecule has 1 fully saturated rings. The summed E-state index contributed by atoms with van der Waals surface area (Å²) >= 11 is 0. The van der Waals surface area contributed by atoms with Gasteiger partial charge in [0.05, 0.1) is 13.7 Å². The second-order valence-electron chi connectivity index (χ2n) is 7.08. The number of hydrogen-bond donors (Lipinski definition) is 2. The van der Waals surface area contributed by atoms with Gasteiger partial charge >= 0.3 is 0 Å². The molecule has 1 aliphatic heterocycles. The van der Waals surface area contributed by atoms with E-state index in [1.54, 1.807) is 7.11 Å². The molecule has 2 unspecified atom stereocenters. The fourth-order valence-corrected chi connectivity index (χ4v) is 3.07. The molecule has 1 saturated heterocycles. The van der Waals surface area contributed by atoms with Crippen LogP contribution in [0.4, 0.5) is 0 Å². The number of nitrogens with one attached hydrogen (secondary N) is 2. The summed E-state index contributed by atoms with van der Waals surface area (Å²) in [5, 5.41) is 6.79. The van der Waals surface area contributed by atoms with Gasteiger partial charge in [-0.1, -0.05) is 12.1 Å². The van der Waals surface area contributed by atoms with Crippen LogP contribution in [-0.4, -0.2) is 88.4 Å². The molecular weight excluding hydrogens is 342 g/mol. The quantitative estimate of drug-likeness (QED) is 0.525. The molecule has 2 atom stereocenters. The topological polar surface area (TPSA) is 61.4 Å². The zero-order valence-electron chi connectivity index (χ0n) is 17.4. The number of rotatable bonds is 8. The molecule has 0 radical (unpaired) electrons. The first-order chi connectivity index (χ1) is 13.0. The number of aliphatic imine (C=N–C) groups is 1. The highest BCUT2D eigenvalue weighted by atomic mass is 16.5. The first-order valence-corrected chi connectivity index (χ1v) is 9.74. The number of nitrogens with zero attached hydrogens (tertiary/aromatic N) is 3. The fraction of sp³-hybridized carbons (Fsp3) is 0.650. The Balaban J connectivity index is 1.88. The summed E-state index contributed by atoms with van der Waals surface area (Å²) in [6.07, 6.45) is -0.0553. The minimum atomic E-state index is -0.0553. The molecule has 0 aromatic heterocycles. The number of likely N-dealkylation sites (N-methyl/N-ethyl adjacent to an activating group) is 2. The van der Waals surface area contributed by atoms with Crippen molar-refractivity contribution in [2.45, 2.75) is 26.0 Å². The van der Waals surface area contributed by atoms with Crippen molar-refractivity contribution >= 4 is 5.96 Å². The number of piperazine rings is 1. The smallest absolute Gasteiger partial charge is 0.191 e. The molecule has 1 aliphatic rings. The van der Waals surface area contributed by atoms with Gasteiger partial charge in [-0.05, 0) is 40.1 Å². The lowest BCUT2D eigenvalue weighted by molar-refractivity contribution is 0.116. The van der Waals surface area contributed by atoms with Crippen LogP contribution in [0.2, 0.25) is 0 Å². The van der Waals surface area contributed by atoms with E-state index in [0.29, 0.717) is 12.6 Å². The average molecular weight is 378 g/mol. The van der Waals surface area contributed by atoms with E-state index in [2.05, 4.69) is 46.4 Å². The van der Waals surface area contributed by atoms with Gasteiger partial charge in [0.2, 0.25) is 0 Å². The second-order valence-corrected chi connectivity index (χ2v) is 7.08. The van der Waals surface area contributed by atoms with Crippen LogP contribution >= 0.6 is 0 Å². The summed E-state index contributed by atoms with van der Waals surface area (Å²) in [6, 6.07) is 8.17. The molecule has 0 bridgehead atoms. The average Bonchev–Trinajstić information content (AvgIpc) is 2.67. The SMILES string of the molecule is CCNC(=NCC(C)Oc1ccccc1OC)NCC1CN(C)CCN1C. The highest BCUT2D eigenvalue weighted by Gasteiger charge is 2.22. The lowest BCUT2D eigenvalue weighted by Crippen LogP contribution is -2.55. The van der Waals surface area contributed by atoms with Crippen molar-refractivity contribution in [1.29, 1.82) is 0 Å². The highest BCUT2D eigenvalue weighted by molar-refractivity contribution is 5.79. The first-order valence-electron chi connectivity index (χ1n) is 9.74. The molecule has 0 amide bonds. The predicted octanol–water partition coefficient (Wildman–Crippen LogP) is 1.26. The highest BCUT2D eigenvalue weighted by Crippen LogP contribution is 2.26. The summed E-state index contributed by atoms with van der Waals surface area (Å²) in [4.78, 5) is 9.47. The monoisotopic (exact) mass is 377 g/mol. The van der Waals surface area contributed by atoms with Gasteiger partial charge in [0.25, 0.3) is 0 Å². The predicted molar refractivity (Wildman–Crippen MR) is 111 cm³/mol. The van der Waals surface area contributed by atoms with Gasteiger partial charge < -0.3 is 25.0 Å². The van der Waals surface area contributed by atoms with Crippen molar-refractivity contribution in [2.24, 2.45) is 4.99 Å². The summed E-state index contributed by atoms with van der Waals surface area (Å²) in [5.41, 5.74) is 0. The van der Waals surface area contributed by atoms with Crippen LogP contribution in [0.5, 0.6) is 11.5 Å². The second kappa shape index (κ2) is 11.0. The maximum Gasteiger partial charge on any atom is 0.191 e. The minimum Gasteiger partial charge on any atom is -0.493 e. The van der Waals surface area contributed by atoms with E-state index in [0.717, 1.165) is 50.2 Å². The van der Waals surface area contributed by atoms with E-state index in [9.17, 15) is 0 Å². The lowest BCUT2D eigenvalue weighted by atomic mass is 10.2. The zero-order chi connectivity index (χ0) is 19.6. The normalized spacial score (nSPS) is 20.2. The van der Waals surface area contributed by atoms with Crippen LogP contribution in [0.1, 0.15) is 13.8 Å². The number of ether oxygens (including phenoxy) is 2. The molecule has 7 heteroatoms. The van der Waals surface area contributed by atoms with E-state index in [4.69, 9.17) is 9.47 Å². The maximum atomic E-state index is 5.99. The maximum absolute atomic E-state index is 5.99. The molecular formula is C20H35N5O2. The lowest BCUT2D eigenvalue weighted by Gasteiger charge is -2.37. The summed E-state index contributed by atoms with van der Waals surface area (Å²) in [6.45, 7) is 9.64. The number of benzene rings is 1. The van der Waals surface area contributed by atoms with Crippen LogP contribution in [0, 0.1) is 0 Å². The third kappa shape index (κ3) is 6.92. The van der Waals surface area contributed by atoms with E-state index < -0.39 is 0 Å². The van der Waals surface area contributed by atoms with Crippen molar-refractivity contribution in [3.8, 4) is 11.5 Å². The molecule has 152 valence electrons. The van der Waals surface area contributed by atoms with Crippen LogP contribution in [0.25, 0.3) is 0 Å². The Morgan fingerprint density at radius 2 is 1.96 bits per heavy atom. The standard InChI is InChI=1S/C20H35N5O2/c1-6-21-20(23-14-17-15-24(3)11-12-25(17)4)22-13-16(2)27-19-10-8-7-9-18(19)26-5/h7-10,16-17H,6,11-15H2,1-5H3,(H2,21,22,23). The number of para-hydroxylation sites is 2. The molecule has 0 saturated carbocycles. The summed E-state index contributed by atoms with van der Waals surface area (Å²) in [5.74, 6) is 2.31. The molecule has 0 aliphatic carbocycles. The molecule has 27 heavy (non-hydrogen) atoms. The van der Waals surface area contributed by atoms with Crippen LogP contribution < -0.4 is 20.1 Å². The number of methoxy groups -OCH3 is 1. The van der Waals surface area contributed by atoms with E-state index >= 15 is 0 Å². The van der Waals surface area contributed by atoms with Gasteiger partial charge in [-0.2, -0.15) is 0 Å². The van der Waals surface area contributed by atoms with Crippen molar-refractivity contribution in [2.75, 3.05) is 60.5 Å². The molecule has 2 rings (SSSR count). The van der Waals surface area contributed by atoms with Crippen molar-refractivity contribution < 1.29 is 9.47 Å². The molecule has 1 aromatic rings. The van der Waals surface area contributed by atoms with Crippen LogP contribution in [0.15, 0.2) is 29.3 Å². The Labute approximate surface area is 163 Å². The Kier molecular flexibility index (Phi) is 8.67. The van der Waals surface area contributed by atoms with Gasteiger partial charge in [0, 0.05) is 38.8 Å². The minimum absolute atomic E-state index is 0.0553. The van der Waals surface area contributed by atoms with Crippen LogP contribution in [0.3, 0.4) is 0 Å². The summed E-state index contributed by atoms with van der Waals surface area (Å²) < 4.78 is 11.3. The Morgan fingerprint density at radius 1 is 1.22 bits per heavy atom. The van der Waals surface area contributed by atoms with Crippen molar-refractivity contribution in [3.63, 3.8) is 0 Å². The van der Waals surface area contributed by atoms with E-state index in [1.807, 2.05) is 31.2 Å².